The lowest BCUT2D eigenvalue weighted by atomic mass is 10.1. The number of quaternary nitrogens is 1. The van der Waals surface area contributed by atoms with Crippen LogP contribution in [0.5, 0.6) is 0 Å². The van der Waals surface area contributed by atoms with Crippen LogP contribution < -0.4 is 5.32 Å². The van der Waals surface area contributed by atoms with E-state index in [1.165, 1.54) is 5.56 Å². The smallest absolute Gasteiger partial charge is 0.137 e. The van der Waals surface area contributed by atoms with E-state index in [4.69, 9.17) is 6.42 Å². The summed E-state index contributed by atoms with van der Waals surface area (Å²) in [5, 5.41) is 2.15. The average molecular weight is 160 g/mol. The van der Waals surface area contributed by atoms with Crippen LogP contribution in [0.2, 0.25) is 0 Å². The predicted octanol–water partition coefficient (Wildman–Crippen LogP) is 0.426. The summed E-state index contributed by atoms with van der Waals surface area (Å²) < 4.78 is 0. The highest BCUT2D eigenvalue weighted by molar-refractivity contribution is 5.14. The number of hydrogen-bond donors (Lipinski definition) is 1. The standard InChI is InChI=1S/C11H13N/c1-2-9-12-10-8-11-6-4-3-5-7-11/h1,3-7,12H,8-10H2/p+1. The van der Waals surface area contributed by atoms with Gasteiger partial charge in [0.25, 0.3) is 0 Å². The normalized spacial score (nSPS) is 9.25. The maximum absolute atomic E-state index is 5.13. The maximum atomic E-state index is 5.13. The van der Waals surface area contributed by atoms with Gasteiger partial charge >= 0.3 is 0 Å². The van der Waals surface area contributed by atoms with E-state index in [0.29, 0.717) is 0 Å². The van der Waals surface area contributed by atoms with Crippen molar-refractivity contribution in [1.82, 2.24) is 0 Å². The molecule has 0 saturated carbocycles. The van der Waals surface area contributed by atoms with Gasteiger partial charge in [0.1, 0.15) is 6.54 Å². The molecule has 0 aliphatic rings. The predicted molar refractivity (Wildman–Crippen MR) is 50.6 cm³/mol. The highest BCUT2D eigenvalue weighted by Crippen LogP contribution is 1.96. The highest BCUT2D eigenvalue weighted by atomic mass is 14.8. The zero-order chi connectivity index (χ0) is 8.65. The van der Waals surface area contributed by atoms with Gasteiger partial charge in [0, 0.05) is 6.42 Å². The molecule has 12 heavy (non-hydrogen) atoms. The molecule has 0 aromatic heterocycles. The number of rotatable bonds is 4. The van der Waals surface area contributed by atoms with Crippen molar-refractivity contribution in [3.05, 3.63) is 35.9 Å². The van der Waals surface area contributed by atoms with E-state index in [1.54, 1.807) is 0 Å². The van der Waals surface area contributed by atoms with Gasteiger partial charge in [-0.1, -0.05) is 30.3 Å². The van der Waals surface area contributed by atoms with Crippen LogP contribution in [0.25, 0.3) is 0 Å². The Morgan fingerprint density at radius 2 is 2.00 bits per heavy atom. The average Bonchev–Trinajstić information content (AvgIpc) is 2.14. The number of benzene rings is 1. The van der Waals surface area contributed by atoms with Crippen molar-refractivity contribution in [2.75, 3.05) is 13.1 Å². The second-order valence-corrected chi connectivity index (χ2v) is 2.72. The summed E-state index contributed by atoms with van der Waals surface area (Å²) in [4.78, 5) is 0. The summed E-state index contributed by atoms with van der Waals surface area (Å²) in [5.74, 6) is 2.60. The van der Waals surface area contributed by atoms with Crippen molar-refractivity contribution in [2.45, 2.75) is 6.42 Å². The zero-order valence-corrected chi connectivity index (χ0v) is 7.16. The van der Waals surface area contributed by atoms with Crippen LogP contribution >= 0.6 is 0 Å². The Labute approximate surface area is 73.8 Å². The summed E-state index contributed by atoms with van der Waals surface area (Å²) in [5.41, 5.74) is 1.38. The third-order valence-corrected chi connectivity index (χ3v) is 1.74. The molecule has 1 nitrogen and oxygen atoms in total. The molecule has 2 N–H and O–H groups in total. The maximum Gasteiger partial charge on any atom is 0.137 e. The molecule has 0 fully saturated rings. The minimum atomic E-state index is 0.785. The minimum Gasteiger partial charge on any atom is -0.336 e. The van der Waals surface area contributed by atoms with Crippen molar-refractivity contribution >= 4 is 0 Å². The van der Waals surface area contributed by atoms with Gasteiger partial charge in [-0.2, -0.15) is 0 Å². The fourth-order valence-electron chi connectivity index (χ4n) is 1.10. The second-order valence-electron chi connectivity index (χ2n) is 2.72. The molecule has 1 aromatic carbocycles. The molecule has 0 spiro atoms. The van der Waals surface area contributed by atoms with Gasteiger partial charge in [0.2, 0.25) is 0 Å². The SMILES string of the molecule is C#CC[NH2+]CCc1ccccc1. The molecule has 0 bridgehead atoms. The summed E-state index contributed by atoms with van der Waals surface area (Å²) >= 11 is 0. The Bertz CT molecular complexity index is 245. The van der Waals surface area contributed by atoms with Crippen molar-refractivity contribution < 1.29 is 5.32 Å². The summed E-state index contributed by atoms with van der Waals surface area (Å²) in [7, 11) is 0. The molecular weight excluding hydrogens is 146 g/mol. The van der Waals surface area contributed by atoms with Gasteiger partial charge in [-0.15, -0.1) is 6.42 Å². The van der Waals surface area contributed by atoms with Gasteiger partial charge in [-0.3, -0.25) is 0 Å². The number of terminal acetylenes is 1. The molecule has 0 aliphatic carbocycles. The Kier molecular flexibility index (Phi) is 3.97. The Hall–Kier alpha value is -1.26. The van der Waals surface area contributed by atoms with E-state index in [1.807, 2.05) is 6.07 Å². The van der Waals surface area contributed by atoms with E-state index >= 15 is 0 Å². The lowest BCUT2D eigenvalue weighted by Crippen LogP contribution is -2.84. The van der Waals surface area contributed by atoms with Crippen LogP contribution in [0.15, 0.2) is 30.3 Å². The van der Waals surface area contributed by atoms with Crippen LogP contribution in [-0.4, -0.2) is 13.1 Å². The lowest BCUT2D eigenvalue weighted by molar-refractivity contribution is -0.643. The second kappa shape index (κ2) is 5.40. The molecule has 1 aromatic rings. The van der Waals surface area contributed by atoms with Gasteiger partial charge in [-0.25, -0.2) is 0 Å². The lowest BCUT2D eigenvalue weighted by Gasteiger charge is -1.97. The van der Waals surface area contributed by atoms with Crippen LogP contribution in [-0.2, 0) is 6.42 Å². The minimum absolute atomic E-state index is 0.785. The molecule has 0 atom stereocenters. The first-order chi connectivity index (χ1) is 5.93. The molecule has 0 saturated heterocycles. The van der Waals surface area contributed by atoms with Crippen LogP contribution in [0.1, 0.15) is 5.56 Å². The van der Waals surface area contributed by atoms with E-state index in [9.17, 15) is 0 Å². The summed E-state index contributed by atoms with van der Waals surface area (Å²) in [6.07, 6.45) is 6.23. The Balaban J connectivity index is 2.21. The van der Waals surface area contributed by atoms with Gasteiger partial charge in [0.05, 0.1) is 6.54 Å². The van der Waals surface area contributed by atoms with E-state index in [-0.39, 0.29) is 0 Å². The van der Waals surface area contributed by atoms with Gasteiger partial charge in [-0.05, 0) is 11.5 Å². The largest absolute Gasteiger partial charge is 0.336 e. The molecule has 1 heteroatoms. The molecule has 1 rings (SSSR count). The molecule has 62 valence electrons. The summed E-state index contributed by atoms with van der Waals surface area (Å²) in [6.45, 7) is 1.86. The van der Waals surface area contributed by atoms with Crippen molar-refractivity contribution in [3.8, 4) is 12.3 Å². The molecule has 0 radical (unpaired) electrons. The first-order valence-corrected chi connectivity index (χ1v) is 4.22. The first kappa shape index (κ1) is 8.83. The fraction of sp³-hybridized carbons (Fsp3) is 0.273. The molecule has 0 aliphatic heterocycles. The van der Waals surface area contributed by atoms with Crippen LogP contribution in [0.3, 0.4) is 0 Å². The first-order valence-electron chi connectivity index (χ1n) is 4.22. The quantitative estimate of drug-likeness (QED) is 0.486. The van der Waals surface area contributed by atoms with E-state index in [2.05, 4.69) is 35.5 Å². The summed E-state index contributed by atoms with van der Waals surface area (Å²) in [6, 6.07) is 10.5. The molecule has 0 heterocycles. The Morgan fingerprint density at radius 1 is 1.25 bits per heavy atom. The number of nitrogens with two attached hydrogens (primary N) is 1. The Morgan fingerprint density at radius 3 is 2.67 bits per heavy atom. The topological polar surface area (TPSA) is 16.6 Å². The third kappa shape index (κ3) is 3.23. The van der Waals surface area contributed by atoms with Crippen molar-refractivity contribution in [2.24, 2.45) is 0 Å². The fourth-order valence-corrected chi connectivity index (χ4v) is 1.10. The van der Waals surface area contributed by atoms with Crippen LogP contribution in [0.4, 0.5) is 0 Å². The molecular formula is C11H14N+. The monoisotopic (exact) mass is 160 g/mol. The molecule has 0 amide bonds. The van der Waals surface area contributed by atoms with Crippen molar-refractivity contribution in [3.63, 3.8) is 0 Å². The number of hydrogen-bond acceptors (Lipinski definition) is 0. The molecule has 0 unspecified atom stereocenters. The van der Waals surface area contributed by atoms with Gasteiger partial charge in [0.15, 0.2) is 0 Å². The third-order valence-electron chi connectivity index (χ3n) is 1.74. The zero-order valence-electron chi connectivity index (χ0n) is 7.16. The van der Waals surface area contributed by atoms with E-state index < -0.39 is 0 Å². The van der Waals surface area contributed by atoms with Gasteiger partial charge < -0.3 is 5.32 Å². The van der Waals surface area contributed by atoms with E-state index in [0.717, 1.165) is 19.5 Å². The van der Waals surface area contributed by atoms with Crippen LogP contribution in [0, 0.1) is 12.3 Å². The highest BCUT2D eigenvalue weighted by Gasteiger charge is 1.91. The van der Waals surface area contributed by atoms with Crippen molar-refractivity contribution in [1.29, 1.82) is 0 Å².